The molecule has 0 saturated carbocycles. The third-order valence-corrected chi connectivity index (χ3v) is 3.83. The molecule has 0 aliphatic carbocycles. The highest BCUT2D eigenvalue weighted by Gasteiger charge is 2.27. The monoisotopic (exact) mass is 390 g/mol. The van der Waals surface area contributed by atoms with Crippen LogP contribution in [0.15, 0.2) is 4.99 Å². The van der Waals surface area contributed by atoms with Crippen molar-refractivity contribution in [3.05, 3.63) is 0 Å². The Morgan fingerprint density at radius 3 is 2.15 bits per heavy atom. The van der Waals surface area contributed by atoms with Crippen LogP contribution in [0.1, 0.15) is 33.1 Å². The zero-order valence-corrected chi connectivity index (χ0v) is 16.0. The van der Waals surface area contributed by atoms with Crippen LogP contribution in [0.4, 0.5) is 0 Å². The van der Waals surface area contributed by atoms with Gasteiger partial charge in [-0.25, -0.2) is 4.79 Å². The molecule has 0 bridgehead atoms. The van der Waals surface area contributed by atoms with Crippen LogP contribution in [0.3, 0.4) is 0 Å². The largest absolute Gasteiger partial charge is 0.480 e. The van der Waals surface area contributed by atoms with Gasteiger partial charge in [-0.3, -0.25) is 14.6 Å². The van der Waals surface area contributed by atoms with Crippen molar-refractivity contribution in [1.82, 2.24) is 10.6 Å². The quantitative estimate of drug-likeness (QED) is 0.0904. The second kappa shape index (κ2) is 12.4. The van der Waals surface area contributed by atoms with Gasteiger partial charge < -0.3 is 32.9 Å². The smallest absolute Gasteiger partial charge is 0.326 e. The minimum atomic E-state index is -1.13. The summed E-state index contributed by atoms with van der Waals surface area (Å²) in [5, 5.41) is 14.2. The number of hydrogen-bond donors (Lipinski definition) is 7. The number of nitrogens with two attached hydrogens (primary N) is 3. The molecule has 0 fully saturated rings. The van der Waals surface area contributed by atoms with E-state index in [0.29, 0.717) is 6.42 Å². The Morgan fingerprint density at radius 1 is 1.12 bits per heavy atom. The summed E-state index contributed by atoms with van der Waals surface area (Å²) in [5.74, 6) is -2.16. The van der Waals surface area contributed by atoms with Gasteiger partial charge >= 0.3 is 5.97 Å². The van der Waals surface area contributed by atoms with E-state index in [2.05, 4.69) is 28.3 Å². The van der Waals surface area contributed by atoms with Crippen molar-refractivity contribution in [1.29, 1.82) is 0 Å². The first-order chi connectivity index (χ1) is 12.1. The number of thiol groups is 1. The fraction of sp³-hybridized carbons (Fsp3) is 0.733. The van der Waals surface area contributed by atoms with Crippen LogP contribution in [-0.2, 0) is 14.4 Å². The molecule has 0 aromatic carbocycles. The van der Waals surface area contributed by atoms with Gasteiger partial charge in [0.15, 0.2) is 5.96 Å². The number of nitrogens with one attached hydrogen (secondary N) is 2. The predicted octanol–water partition coefficient (Wildman–Crippen LogP) is -1.60. The molecular weight excluding hydrogens is 360 g/mol. The maximum Gasteiger partial charge on any atom is 0.326 e. The van der Waals surface area contributed by atoms with Crippen molar-refractivity contribution in [3.8, 4) is 0 Å². The topological polar surface area (TPSA) is 186 Å². The molecule has 0 rings (SSSR count). The summed E-state index contributed by atoms with van der Waals surface area (Å²) in [6.45, 7) is 3.97. The van der Waals surface area contributed by atoms with Crippen LogP contribution in [0.25, 0.3) is 0 Å². The molecule has 0 spiro atoms. The Balaban J connectivity index is 5.02. The number of aliphatic imine (C=N–C) groups is 1. The molecule has 0 unspecified atom stereocenters. The van der Waals surface area contributed by atoms with Gasteiger partial charge in [-0.1, -0.05) is 13.8 Å². The molecule has 0 aromatic rings. The highest BCUT2D eigenvalue weighted by atomic mass is 32.1. The van der Waals surface area contributed by atoms with Crippen LogP contribution in [0.2, 0.25) is 0 Å². The Morgan fingerprint density at radius 2 is 1.69 bits per heavy atom. The minimum absolute atomic E-state index is 0.0731. The maximum atomic E-state index is 12.5. The van der Waals surface area contributed by atoms with Crippen LogP contribution in [-0.4, -0.2) is 59.3 Å². The molecule has 26 heavy (non-hydrogen) atoms. The molecule has 0 radical (unpaired) electrons. The van der Waals surface area contributed by atoms with E-state index in [0.717, 1.165) is 0 Å². The highest BCUT2D eigenvalue weighted by molar-refractivity contribution is 7.80. The van der Waals surface area contributed by atoms with Crippen LogP contribution >= 0.6 is 12.6 Å². The zero-order chi connectivity index (χ0) is 20.3. The molecule has 150 valence electrons. The molecule has 11 heteroatoms. The summed E-state index contributed by atoms with van der Waals surface area (Å²) in [7, 11) is 0. The molecule has 0 saturated heterocycles. The zero-order valence-electron chi connectivity index (χ0n) is 15.1. The van der Waals surface area contributed by atoms with E-state index in [4.69, 9.17) is 17.2 Å². The summed E-state index contributed by atoms with van der Waals surface area (Å²) in [4.78, 5) is 39.6. The molecule has 9 N–H and O–H groups in total. The Hall–Kier alpha value is -2.01. The number of amides is 2. The molecule has 0 aliphatic heterocycles. The van der Waals surface area contributed by atoms with E-state index in [1.54, 1.807) is 0 Å². The van der Waals surface area contributed by atoms with Crippen LogP contribution in [0, 0.1) is 5.92 Å². The van der Waals surface area contributed by atoms with E-state index < -0.39 is 35.9 Å². The Labute approximate surface area is 158 Å². The molecule has 0 heterocycles. The first-order valence-electron chi connectivity index (χ1n) is 8.33. The fourth-order valence-corrected chi connectivity index (χ4v) is 2.27. The Bertz CT molecular complexity index is 510. The van der Waals surface area contributed by atoms with Crippen molar-refractivity contribution >= 4 is 36.4 Å². The van der Waals surface area contributed by atoms with Crippen molar-refractivity contribution in [3.63, 3.8) is 0 Å². The molecule has 10 nitrogen and oxygen atoms in total. The number of guanidine groups is 1. The average Bonchev–Trinajstić information content (AvgIpc) is 2.54. The van der Waals surface area contributed by atoms with Crippen molar-refractivity contribution < 1.29 is 19.5 Å². The van der Waals surface area contributed by atoms with Gasteiger partial charge in [0, 0.05) is 12.3 Å². The number of carboxylic acid groups (broad SMARTS) is 1. The standard InChI is InChI=1S/C15H30N6O4S/c1-8(2)6-11(14(24)25)21-13(23)10(4-3-5-19-15(17)18)20-12(22)9(16)7-26/h8-11,26H,3-7,16H2,1-2H3,(H,20,22)(H,21,23)(H,24,25)(H4,17,18,19)/t9-,10-,11-/m0/s1. The number of rotatable bonds is 12. The Kier molecular flexibility index (Phi) is 11.4. The summed E-state index contributed by atoms with van der Waals surface area (Å²) in [6.07, 6.45) is 0.905. The van der Waals surface area contributed by atoms with Crippen LogP contribution < -0.4 is 27.8 Å². The molecule has 0 aromatic heterocycles. The van der Waals surface area contributed by atoms with Gasteiger partial charge in [0.2, 0.25) is 11.8 Å². The lowest BCUT2D eigenvalue weighted by Crippen LogP contribution is -2.55. The van der Waals surface area contributed by atoms with Gasteiger partial charge in [0.1, 0.15) is 12.1 Å². The predicted molar refractivity (Wildman–Crippen MR) is 103 cm³/mol. The van der Waals surface area contributed by atoms with E-state index in [9.17, 15) is 19.5 Å². The van der Waals surface area contributed by atoms with E-state index in [1.165, 1.54) is 0 Å². The summed E-state index contributed by atoms with van der Waals surface area (Å²) in [6, 6.07) is -2.87. The van der Waals surface area contributed by atoms with Crippen LogP contribution in [0.5, 0.6) is 0 Å². The average molecular weight is 391 g/mol. The van der Waals surface area contributed by atoms with Gasteiger partial charge in [0.25, 0.3) is 0 Å². The number of aliphatic carboxylic acids is 1. The second-order valence-electron chi connectivity index (χ2n) is 6.33. The van der Waals surface area contributed by atoms with Crippen molar-refractivity contribution in [2.45, 2.75) is 51.2 Å². The van der Waals surface area contributed by atoms with Crippen molar-refractivity contribution in [2.75, 3.05) is 12.3 Å². The lowest BCUT2D eigenvalue weighted by atomic mass is 10.0. The highest BCUT2D eigenvalue weighted by Crippen LogP contribution is 2.07. The lowest BCUT2D eigenvalue weighted by molar-refractivity contribution is -0.142. The van der Waals surface area contributed by atoms with Gasteiger partial charge in [-0.15, -0.1) is 0 Å². The second-order valence-corrected chi connectivity index (χ2v) is 6.69. The molecular formula is C15H30N6O4S. The van der Waals surface area contributed by atoms with E-state index in [-0.39, 0.29) is 37.0 Å². The summed E-state index contributed by atoms with van der Waals surface area (Å²) in [5.41, 5.74) is 16.1. The van der Waals surface area contributed by atoms with Gasteiger partial charge in [-0.2, -0.15) is 12.6 Å². The van der Waals surface area contributed by atoms with E-state index >= 15 is 0 Å². The first-order valence-corrected chi connectivity index (χ1v) is 8.97. The summed E-state index contributed by atoms with van der Waals surface area (Å²) >= 11 is 3.95. The molecule has 0 aliphatic rings. The van der Waals surface area contributed by atoms with Gasteiger partial charge in [-0.05, 0) is 25.2 Å². The third-order valence-electron chi connectivity index (χ3n) is 3.43. The first kappa shape index (κ1) is 24.0. The lowest BCUT2D eigenvalue weighted by Gasteiger charge is -2.23. The van der Waals surface area contributed by atoms with Crippen molar-refractivity contribution in [2.24, 2.45) is 28.1 Å². The normalized spacial score (nSPS) is 14.2. The third kappa shape index (κ3) is 10.1. The SMILES string of the molecule is CC(C)C[C@H](NC(=O)[C@H](CCCN=C(N)N)NC(=O)[C@@H](N)CS)C(=O)O. The number of hydrogen-bond acceptors (Lipinski definition) is 6. The number of nitrogens with zero attached hydrogens (tertiary/aromatic N) is 1. The molecule has 3 atom stereocenters. The number of carbonyl (C=O) groups is 3. The number of carbonyl (C=O) groups excluding carboxylic acids is 2. The van der Waals surface area contributed by atoms with Gasteiger partial charge in [0.05, 0.1) is 6.04 Å². The number of carboxylic acids is 1. The minimum Gasteiger partial charge on any atom is -0.480 e. The summed E-state index contributed by atoms with van der Waals surface area (Å²) < 4.78 is 0. The van der Waals surface area contributed by atoms with E-state index in [1.807, 2.05) is 13.8 Å². The fourth-order valence-electron chi connectivity index (χ4n) is 2.10. The maximum absolute atomic E-state index is 12.5. The molecule has 2 amide bonds.